The van der Waals surface area contributed by atoms with Gasteiger partial charge < -0.3 is 14.8 Å². The number of ether oxygens (including phenoxy) is 1. The van der Waals surface area contributed by atoms with Gasteiger partial charge in [-0.1, -0.05) is 42.5 Å². The van der Waals surface area contributed by atoms with Gasteiger partial charge in [0, 0.05) is 29.7 Å². The predicted octanol–water partition coefficient (Wildman–Crippen LogP) is 5.03. The molecule has 0 fully saturated rings. The summed E-state index contributed by atoms with van der Waals surface area (Å²) < 4.78 is 5.50. The molecule has 1 atom stereocenters. The minimum atomic E-state index is 0.101. The number of hydrogen-bond acceptors (Lipinski definition) is 3. The Hall–Kier alpha value is -3.24. The van der Waals surface area contributed by atoms with Crippen molar-refractivity contribution in [2.75, 3.05) is 13.7 Å². The van der Waals surface area contributed by atoms with E-state index in [9.17, 15) is 5.11 Å². The topological polar surface area (TPSA) is 48.5 Å². The molecule has 0 spiro atoms. The number of phenolic OH excluding ortho intramolecular Hbond substituents is 1. The van der Waals surface area contributed by atoms with E-state index in [-0.39, 0.29) is 6.04 Å². The normalized spacial score (nSPS) is 16.7. The van der Waals surface area contributed by atoms with Crippen LogP contribution < -0.4 is 4.74 Å². The first-order chi connectivity index (χ1) is 14.2. The number of hydrogen-bond donors (Lipinski definition) is 2. The van der Waals surface area contributed by atoms with Crippen molar-refractivity contribution in [3.8, 4) is 11.5 Å². The number of rotatable bonds is 4. The zero-order valence-corrected chi connectivity index (χ0v) is 16.4. The van der Waals surface area contributed by atoms with Crippen LogP contribution in [0.3, 0.4) is 0 Å². The van der Waals surface area contributed by atoms with Crippen LogP contribution >= 0.6 is 0 Å². The highest BCUT2D eigenvalue weighted by Crippen LogP contribution is 2.39. The summed E-state index contributed by atoms with van der Waals surface area (Å²) in [5.74, 6) is 1.17. The molecule has 5 rings (SSSR count). The van der Waals surface area contributed by atoms with Gasteiger partial charge in [0.1, 0.15) is 11.5 Å². The van der Waals surface area contributed by atoms with Crippen molar-refractivity contribution >= 4 is 10.9 Å². The van der Waals surface area contributed by atoms with Crippen LogP contribution in [-0.4, -0.2) is 28.6 Å². The summed E-state index contributed by atoms with van der Waals surface area (Å²) in [5.41, 5.74) is 6.16. The van der Waals surface area contributed by atoms with Gasteiger partial charge in [-0.25, -0.2) is 0 Å². The number of aromatic amines is 1. The summed E-state index contributed by atoms with van der Waals surface area (Å²) in [5, 5.41) is 11.2. The smallest absolute Gasteiger partial charge is 0.119 e. The van der Waals surface area contributed by atoms with Gasteiger partial charge in [-0.3, -0.25) is 4.90 Å². The number of phenols is 1. The van der Waals surface area contributed by atoms with Crippen molar-refractivity contribution in [2.45, 2.75) is 19.0 Å². The van der Waals surface area contributed by atoms with Crippen LogP contribution in [0.1, 0.15) is 28.4 Å². The molecule has 4 nitrogen and oxygen atoms in total. The van der Waals surface area contributed by atoms with E-state index in [1.807, 2.05) is 18.2 Å². The van der Waals surface area contributed by atoms with E-state index in [2.05, 4.69) is 58.4 Å². The molecule has 0 amide bonds. The van der Waals surface area contributed by atoms with Crippen LogP contribution in [0.25, 0.3) is 10.9 Å². The van der Waals surface area contributed by atoms with E-state index < -0.39 is 0 Å². The zero-order chi connectivity index (χ0) is 19.8. The molecular formula is C25H24N2O2. The molecule has 146 valence electrons. The van der Waals surface area contributed by atoms with Gasteiger partial charge in [-0.2, -0.15) is 0 Å². The molecule has 1 aliphatic heterocycles. The number of H-pyrrole nitrogens is 1. The first-order valence-corrected chi connectivity index (χ1v) is 9.98. The standard InChI is InChI=1S/C25H24N2O2/c1-29-20-9-5-7-18(15-20)25-24-22(21-10-2-3-11-23(21)26-24)12-13-27(25)16-17-6-4-8-19(28)14-17/h2-11,14-15,25-26,28H,12-13,16H2,1H3/t25-/m1/s1. The Morgan fingerprint density at radius 2 is 1.90 bits per heavy atom. The molecule has 0 saturated carbocycles. The van der Waals surface area contributed by atoms with Gasteiger partial charge in [-0.05, 0) is 53.4 Å². The van der Waals surface area contributed by atoms with Crippen LogP contribution in [0, 0.1) is 0 Å². The third-order valence-electron chi connectivity index (χ3n) is 5.84. The lowest BCUT2D eigenvalue weighted by Crippen LogP contribution is -2.35. The number of nitrogens with one attached hydrogen (secondary N) is 1. The molecule has 0 aliphatic carbocycles. The molecule has 0 bridgehead atoms. The largest absolute Gasteiger partial charge is 0.508 e. The number of aromatic nitrogens is 1. The summed E-state index contributed by atoms with van der Waals surface area (Å²) in [6.45, 7) is 1.72. The van der Waals surface area contributed by atoms with E-state index in [1.165, 1.54) is 27.7 Å². The van der Waals surface area contributed by atoms with Crippen LogP contribution in [0.5, 0.6) is 11.5 Å². The summed E-state index contributed by atoms with van der Waals surface area (Å²) >= 11 is 0. The van der Waals surface area contributed by atoms with Gasteiger partial charge in [-0.15, -0.1) is 0 Å². The van der Waals surface area contributed by atoms with Crippen molar-refractivity contribution in [3.05, 3.63) is 95.2 Å². The third kappa shape index (κ3) is 3.26. The van der Waals surface area contributed by atoms with Crippen LogP contribution in [0.2, 0.25) is 0 Å². The molecule has 1 aromatic heterocycles. The van der Waals surface area contributed by atoms with Gasteiger partial charge >= 0.3 is 0 Å². The minimum Gasteiger partial charge on any atom is -0.508 e. The third-order valence-corrected chi connectivity index (χ3v) is 5.84. The van der Waals surface area contributed by atoms with Crippen molar-refractivity contribution in [1.82, 2.24) is 9.88 Å². The van der Waals surface area contributed by atoms with E-state index in [4.69, 9.17) is 4.74 Å². The van der Waals surface area contributed by atoms with Crippen LogP contribution in [-0.2, 0) is 13.0 Å². The fourth-order valence-electron chi connectivity index (χ4n) is 4.54. The molecule has 3 aromatic carbocycles. The monoisotopic (exact) mass is 384 g/mol. The van der Waals surface area contributed by atoms with E-state index >= 15 is 0 Å². The van der Waals surface area contributed by atoms with Crippen molar-refractivity contribution in [1.29, 1.82) is 0 Å². The molecule has 0 saturated heterocycles. The quantitative estimate of drug-likeness (QED) is 0.519. The highest BCUT2D eigenvalue weighted by atomic mass is 16.5. The van der Waals surface area contributed by atoms with Gasteiger partial charge in [0.05, 0.1) is 13.2 Å². The van der Waals surface area contributed by atoms with Gasteiger partial charge in [0.2, 0.25) is 0 Å². The Morgan fingerprint density at radius 3 is 2.76 bits per heavy atom. The molecular weight excluding hydrogens is 360 g/mol. The Morgan fingerprint density at radius 1 is 1.03 bits per heavy atom. The Kier molecular flexibility index (Phi) is 4.49. The van der Waals surface area contributed by atoms with E-state index in [0.29, 0.717) is 5.75 Å². The number of fused-ring (bicyclic) bond motifs is 3. The molecule has 4 heteroatoms. The minimum absolute atomic E-state index is 0.101. The van der Waals surface area contributed by atoms with Gasteiger partial charge in [0.25, 0.3) is 0 Å². The number of nitrogens with zero attached hydrogens (tertiary/aromatic N) is 1. The van der Waals surface area contributed by atoms with E-state index in [0.717, 1.165) is 30.8 Å². The first kappa shape index (κ1) is 17.8. The average Bonchev–Trinajstić information content (AvgIpc) is 3.12. The van der Waals surface area contributed by atoms with Crippen LogP contribution in [0.15, 0.2) is 72.8 Å². The van der Waals surface area contributed by atoms with Crippen molar-refractivity contribution in [2.24, 2.45) is 0 Å². The number of para-hydroxylation sites is 1. The number of aromatic hydroxyl groups is 1. The summed E-state index contributed by atoms with van der Waals surface area (Å²) in [4.78, 5) is 6.17. The SMILES string of the molecule is COc1cccc([C@@H]2c3[nH]c4ccccc4c3CCN2Cc2cccc(O)c2)c1. The van der Waals surface area contributed by atoms with Gasteiger partial charge in [0.15, 0.2) is 0 Å². The second kappa shape index (κ2) is 7.30. The summed E-state index contributed by atoms with van der Waals surface area (Å²) in [6, 6.07) is 24.5. The Labute approximate surface area is 170 Å². The summed E-state index contributed by atoms with van der Waals surface area (Å²) in [7, 11) is 1.71. The van der Waals surface area contributed by atoms with Crippen LogP contribution in [0.4, 0.5) is 0 Å². The maximum Gasteiger partial charge on any atom is 0.119 e. The Balaban J connectivity index is 1.62. The fraction of sp³-hybridized carbons (Fsp3) is 0.200. The van der Waals surface area contributed by atoms with Crippen molar-refractivity contribution < 1.29 is 9.84 Å². The molecule has 4 aromatic rings. The summed E-state index contributed by atoms with van der Waals surface area (Å²) in [6.07, 6.45) is 0.999. The lowest BCUT2D eigenvalue weighted by atomic mass is 9.92. The molecule has 1 aliphatic rings. The molecule has 29 heavy (non-hydrogen) atoms. The first-order valence-electron chi connectivity index (χ1n) is 9.98. The van der Waals surface area contributed by atoms with Crippen molar-refractivity contribution in [3.63, 3.8) is 0 Å². The average molecular weight is 384 g/mol. The maximum absolute atomic E-state index is 9.91. The maximum atomic E-state index is 9.91. The highest BCUT2D eigenvalue weighted by molar-refractivity contribution is 5.85. The van der Waals surface area contributed by atoms with E-state index in [1.54, 1.807) is 13.2 Å². The fourth-order valence-corrected chi connectivity index (χ4v) is 4.54. The molecule has 2 N–H and O–H groups in total. The second-order valence-corrected chi connectivity index (χ2v) is 7.63. The number of benzene rings is 3. The molecule has 2 heterocycles. The molecule has 0 radical (unpaired) electrons. The predicted molar refractivity (Wildman–Crippen MR) is 115 cm³/mol. The lowest BCUT2D eigenvalue weighted by molar-refractivity contribution is 0.201. The Bertz CT molecular complexity index is 1160. The second-order valence-electron chi connectivity index (χ2n) is 7.63. The molecule has 0 unspecified atom stereocenters. The number of methoxy groups -OCH3 is 1. The highest BCUT2D eigenvalue weighted by Gasteiger charge is 2.31. The lowest BCUT2D eigenvalue weighted by Gasteiger charge is -2.36. The zero-order valence-electron chi connectivity index (χ0n) is 16.4.